The number of methoxy groups -OCH3 is 1. The van der Waals surface area contributed by atoms with Crippen LogP contribution < -0.4 is 9.26 Å². The first kappa shape index (κ1) is 13.9. The Morgan fingerprint density at radius 1 is 1.52 bits per heavy atom. The molecule has 1 aromatic carbocycles. The van der Waals surface area contributed by atoms with Gasteiger partial charge in [0, 0.05) is 12.1 Å². The second kappa shape index (κ2) is 4.73. The first-order chi connectivity index (χ1) is 9.90. The molecule has 0 radical (unpaired) electrons. The third-order valence-corrected chi connectivity index (χ3v) is 3.65. The van der Waals surface area contributed by atoms with Gasteiger partial charge in [-0.15, -0.1) is 0 Å². The van der Waals surface area contributed by atoms with Gasteiger partial charge in [0.15, 0.2) is 11.4 Å². The van der Waals surface area contributed by atoms with Crippen molar-refractivity contribution in [3.05, 3.63) is 29.8 Å². The Labute approximate surface area is 121 Å². The van der Waals surface area contributed by atoms with E-state index in [4.69, 9.17) is 19.0 Å². The van der Waals surface area contributed by atoms with Crippen molar-refractivity contribution in [3.63, 3.8) is 0 Å². The SMILES string of the molecule is C=[N+]1[CH-]C=C2N=CCc3cc(OC)c(OP(=O)(O)O)c1c32. The first-order valence-electron chi connectivity index (χ1n) is 6.07. The summed E-state index contributed by atoms with van der Waals surface area (Å²) >= 11 is 0. The maximum absolute atomic E-state index is 11.2. The molecule has 0 spiro atoms. The molecule has 0 aliphatic carbocycles. The zero-order valence-electron chi connectivity index (χ0n) is 11.2. The van der Waals surface area contributed by atoms with Crippen molar-refractivity contribution in [2.24, 2.45) is 4.99 Å². The van der Waals surface area contributed by atoms with Crippen LogP contribution in [0.15, 0.2) is 17.1 Å². The summed E-state index contributed by atoms with van der Waals surface area (Å²) in [6.07, 6.45) is 4.15. The largest absolute Gasteiger partial charge is 0.524 e. The molecule has 2 heterocycles. The van der Waals surface area contributed by atoms with Gasteiger partial charge in [-0.05, 0) is 23.4 Å². The van der Waals surface area contributed by atoms with Gasteiger partial charge >= 0.3 is 7.82 Å². The Bertz CT molecular complexity index is 747. The summed E-state index contributed by atoms with van der Waals surface area (Å²) in [5, 5.41) is 0. The summed E-state index contributed by atoms with van der Waals surface area (Å²) in [6, 6.07) is 1.70. The van der Waals surface area contributed by atoms with Gasteiger partial charge in [-0.3, -0.25) is 14.4 Å². The fraction of sp³-hybridized carbons (Fsp3) is 0.154. The molecule has 3 rings (SSSR count). The number of benzene rings is 1. The van der Waals surface area contributed by atoms with E-state index in [2.05, 4.69) is 11.7 Å². The maximum Gasteiger partial charge on any atom is 0.524 e. The van der Waals surface area contributed by atoms with Crippen LogP contribution in [0.1, 0.15) is 11.1 Å². The first-order valence-corrected chi connectivity index (χ1v) is 7.60. The number of hydrogen-bond donors (Lipinski definition) is 2. The number of rotatable bonds is 3. The predicted molar refractivity (Wildman–Crippen MR) is 77.2 cm³/mol. The lowest BCUT2D eigenvalue weighted by Crippen LogP contribution is -2.13. The summed E-state index contributed by atoms with van der Waals surface area (Å²) in [7, 11) is -3.32. The van der Waals surface area contributed by atoms with Crippen LogP contribution >= 0.6 is 7.82 Å². The molecule has 2 aliphatic heterocycles. The van der Waals surface area contributed by atoms with Crippen LogP contribution in [0.4, 0.5) is 5.69 Å². The van der Waals surface area contributed by atoms with E-state index in [9.17, 15) is 4.57 Å². The number of phosphoric acid groups is 1. The van der Waals surface area contributed by atoms with Gasteiger partial charge in [0.25, 0.3) is 0 Å². The standard InChI is InChI=1S/C13H13N2O5P/c1-15-6-4-9-11-8(3-5-14-9)7-10(19-2)13(12(11)15)20-21(16,17)18/h4-7H,1,3H2,2H3,(H2,16,17,18). The summed E-state index contributed by atoms with van der Waals surface area (Å²) in [5.74, 6) is 0.198. The van der Waals surface area contributed by atoms with Crippen LogP contribution in [0, 0.1) is 6.54 Å². The summed E-state index contributed by atoms with van der Waals surface area (Å²) < 4.78 is 22.7. The molecule has 0 saturated carbocycles. The van der Waals surface area contributed by atoms with Crippen LogP contribution in [-0.2, 0) is 11.0 Å². The molecule has 110 valence electrons. The van der Waals surface area contributed by atoms with E-state index >= 15 is 0 Å². The summed E-state index contributed by atoms with van der Waals surface area (Å²) in [5.41, 5.74) is 2.81. The Morgan fingerprint density at radius 3 is 2.95 bits per heavy atom. The number of ether oxygens (including phenoxy) is 1. The van der Waals surface area contributed by atoms with E-state index in [1.807, 2.05) is 0 Å². The fourth-order valence-corrected chi connectivity index (χ4v) is 2.84. The van der Waals surface area contributed by atoms with E-state index in [0.717, 1.165) is 11.1 Å². The Balaban J connectivity index is 2.31. The van der Waals surface area contributed by atoms with Crippen LogP contribution in [0.2, 0.25) is 0 Å². The van der Waals surface area contributed by atoms with Crippen molar-refractivity contribution in [3.8, 4) is 11.5 Å². The molecule has 0 unspecified atom stereocenters. The highest BCUT2D eigenvalue weighted by atomic mass is 31.2. The van der Waals surface area contributed by atoms with Gasteiger partial charge < -0.3 is 14.3 Å². The number of aliphatic imine (C=N–C) groups is 1. The van der Waals surface area contributed by atoms with Crippen LogP contribution in [-0.4, -0.2) is 34.4 Å². The Morgan fingerprint density at radius 2 is 2.29 bits per heavy atom. The normalized spacial score (nSPS) is 16.0. The molecule has 2 aliphatic rings. The highest BCUT2D eigenvalue weighted by Crippen LogP contribution is 2.52. The molecule has 7 nitrogen and oxygen atoms in total. The van der Waals surface area contributed by atoms with Gasteiger partial charge in [0.05, 0.1) is 20.4 Å². The molecule has 1 aromatic rings. The van der Waals surface area contributed by atoms with Gasteiger partial charge in [0.1, 0.15) is 0 Å². The average molecular weight is 308 g/mol. The fourth-order valence-electron chi connectivity index (χ4n) is 2.43. The molecule has 0 aromatic heterocycles. The molecule has 0 bridgehead atoms. The molecule has 0 saturated heterocycles. The molecule has 0 fully saturated rings. The number of nitrogens with zero attached hydrogens (tertiary/aromatic N) is 2. The monoisotopic (exact) mass is 308 g/mol. The highest BCUT2D eigenvalue weighted by Gasteiger charge is 2.31. The number of phosphoric ester groups is 1. The van der Waals surface area contributed by atoms with Crippen molar-refractivity contribution in [2.75, 3.05) is 7.11 Å². The highest BCUT2D eigenvalue weighted by molar-refractivity contribution is 7.46. The minimum atomic E-state index is -4.73. The lowest BCUT2D eigenvalue weighted by molar-refractivity contribution is -0.378. The minimum Gasteiger partial charge on any atom is -0.493 e. The topological polar surface area (TPSA) is 91.4 Å². The van der Waals surface area contributed by atoms with Gasteiger partial charge in [0.2, 0.25) is 5.75 Å². The van der Waals surface area contributed by atoms with Gasteiger partial charge in [-0.2, -0.15) is 0 Å². The summed E-state index contributed by atoms with van der Waals surface area (Å²) in [4.78, 5) is 22.5. The molecule has 21 heavy (non-hydrogen) atoms. The van der Waals surface area contributed by atoms with E-state index < -0.39 is 7.82 Å². The van der Waals surface area contributed by atoms with Crippen molar-refractivity contribution >= 4 is 32.1 Å². The van der Waals surface area contributed by atoms with E-state index in [1.165, 1.54) is 11.7 Å². The predicted octanol–water partition coefficient (Wildman–Crippen LogP) is 1.65. The molecule has 0 amide bonds. The van der Waals surface area contributed by atoms with E-state index in [-0.39, 0.29) is 11.5 Å². The third-order valence-electron chi connectivity index (χ3n) is 3.23. The van der Waals surface area contributed by atoms with Crippen molar-refractivity contribution in [1.29, 1.82) is 0 Å². The summed E-state index contributed by atoms with van der Waals surface area (Å²) in [6.45, 7) is 5.48. The van der Waals surface area contributed by atoms with E-state index in [1.54, 1.807) is 24.9 Å². The van der Waals surface area contributed by atoms with Crippen LogP contribution in [0.5, 0.6) is 11.5 Å². The van der Waals surface area contributed by atoms with Crippen LogP contribution in [0.25, 0.3) is 5.70 Å². The van der Waals surface area contributed by atoms with Crippen molar-refractivity contribution in [1.82, 2.24) is 0 Å². The van der Waals surface area contributed by atoms with Crippen molar-refractivity contribution < 1.29 is 28.2 Å². The smallest absolute Gasteiger partial charge is 0.493 e. The van der Waals surface area contributed by atoms with Crippen molar-refractivity contribution in [2.45, 2.75) is 6.42 Å². The molecule has 2 N–H and O–H groups in total. The third kappa shape index (κ3) is 2.35. The van der Waals surface area contributed by atoms with Crippen LogP contribution in [0.3, 0.4) is 0 Å². The van der Waals surface area contributed by atoms with Gasteiger partial charge in [-0.1, -0.05) is 6.08 Å². The van der Waals surface area contributed by atoms with Gasteiger partial charge in [-0.25, -0.2) is 4.57 Å². The minimum absolute atomic E-state index is 0.0430. The second-order valence-corrected chi connectivity index (χ2v) is 5.72. The molecular formula is C13H13N2O5P. The van der Waals surface area contributed by atoms with E-state index in [0.29, 0.717) is 17.8 Å². The maximum atomic E-state index is 11.2. The quantitative estimate of drug-likeness (QED) is 0.503. The zero-order chi connectivity index (χ0) is 15.2. The Kier molecular flexibility index (Phi) is 3.13. The lowest BCUT2D eigenvalue weighted by atomic mass is 9.94. The zero-order valence-corrected chi connectivity index (χ0v) is 12.1. The lowest BCUT2D eigenvalue weighted by Gasteiger charge is -2.27. The average Bonchev–Trinajstić information content (AvgIpc) is 2.42. The second-order valence-electron chi connectivity index (χ2n) is 4.56. The molecular weight excluding hydrogens is 295 g/mol. The number of hydrogen-bond acceptors (Lipinski definition) is 4. The Hall–Kier alpha value is -2.08. The molecule has 8 heteroatoms. The molecule has 0 atom stereocenters.